The number of carbonyl (C=O) groups excluding carboxylic acids is 1. The second-order valence-corrected chi connectivity index (χ2v) is 6.22. The number of amides is 1. The molecule has 0 atom stereocenters. The molecule has 0 aliphatic heterocycles. The third kappa shape index (κ3) is 3.18. The predicted molar refractivity (Wildman–Crippen MR) is 95.3 cm³/mol. The molecule has 0 aliphatic rings. The van der Waals surface area contributed by atoms with Gasteiger partial charge in [-0.15, -0.1) is 0 Å². The van der Waals surface area contributed by atoms with Crippen LogP contribution in [0.3, 0.4) is 0 Å². The van der Waals surface area contributed by atoms with E-state index in [4.69, 9.17) is 23.2 Å². The first kappa shape index (κ1) is 16.6. The number of aromatic hydroxyl groups is 1. The fourth-order valence-corrected chi connectivity index (χ4v) is 2.84. The van der Waals surface area contributed by atoms with Crippen molar-refractivity contribution in [3.63, 3.8) is 0 Å². The lowest BCUT2D eigenvalue weighted by atomic mass is 10.2. The Morgan fingerprint density at radius 1 is 1.25 bits per heavy atom. The fraction of sp³-hybridized carbons (Fsp3) is 0.176. The van der Waals surface area contributed by atoms with Gasteiger partial charge in [0.1, 0.15) is 17.1 Å². The standard InChI is InChI=1S/C17H15Cl2N3O2/c1-2-3-12-16(22-9-11(19)5-7-15(22)20-12)17(24)21-13-8-10(18)4-6-14(13)23/h4-9,23H,2-3H2,1H3,(H,21,24). The van der Waals surface area contributed by atoms with Crippen LogP contribution in [-0.2, 0) is 6.42 Å². The van der Waals surface area contributed by atoms with Crippen LogP contribution >= 0.6 is 23.2 Å². The molecule has 24 heavy (non-hydrogen) atoms. The molecule has 0 radical (unpaired) electrons. The van der Waals surface area contributed by atoms with Crippen LogP contribution < -0.4 is 5.32 Å². The molecule has 124 valence electrons. The number of aromatic nitrogens is 2. The number of aryl methyl sites for hydroxylation is 1. The lowest BCUT2D eigenvalue weighted by Crippen LogP contribution is -2.16. The number of pyridine rings is 1. The zero-order valence-electron chi connectivity index (χ0n) is 12.9. The molecule has 7 heteroatoms. The molecule has 0 saturated carbocycles. The van der Waals surface area contributed by atoms with E-state index >= 15 is 0 Å². The number of halogens is 2. The van der Waals surface area contributed by atoms with Crippen LogP contribution in [0.15, 0.2) is 36.5 Å². The summed E-state index contributed by atoms with van der Waals surface area (Å²) in [4.78, 5) is 17.3. The highest BCUT2D eigenvalue weighted by Crippen LogP contribution is 2.28. The molecule has 0 saturated heterocycles. The highest BCUT2D eigenvalue weighted by molar-refractivity contribution is 6.31. The summed E-state index contributed by atoms with van der Waals surface area (Å²) in [5, 5.41) is 13.5. The number of hydrogen-bond donors (Lipinski definition) is 2. The molecular weight excluding hydrogens is 349 g/mol. The van der Waals surface area contributed by atoms with Crippen molar-refractivity contribution >= 4 is 40.4 Å². The van der Waals surface area contributed by atoms with E-state index in [1.165, 1.54) is 12.1 Å². The van der Waals surface area contributed by atoms with Gasteiger partial charge < -0.3 is 10.4 Å². The molecule has 1 amide bonds. The molecule has 0 bridgehead atoms. The molecule has 3 rings (SSSR count). The maximum atomic E-state index is 12.8. The Morgan fingerprint density at radius 3 is 2.75 bits per heavy atom. The van der Waals surface area contributed by atoms with Crippen LogP contribution in [0.1, 0.15) is 29.5 Å². The second kappa shape index (κ2) is 6.71. The molecule has 0 aliphatic carbocycles. The van der Waals surface area contributed by atoms with Crippen molar-refractivity contribution < 1.29 is 9.90 Å². The van der Waals surface area contributed by atoms with E-state index < -0.39 is 0 Å². The average Bonchev–Trinajstić information content (AvgIpc) is 2.88. The smallest absolute Gasteiger partial charge is 0.274 e. The lowest BCUT2D eigenvalue weighted by Gasteiger charge is -2.09. The Morgan fingerprint density at radius 2 is 2.00 bits per heavy atom. The van der Waals surface area contributed by atoms with Crippen LogP contribution in [-0.4, -0.2) is 20.4 Å². The summed E-state index contributed by atoms with van der Waals surface area (Å²) in [6.07, 6.45) is 3.15. The van der Waals surface area contributed by atoms with Crippen molar-refractivity contribution in [3.05, 3.63) is 58.0 Å². The number of rotatable bonds is 4. The van der Waals surface area contributed by atoms with Gasteiger partial charge in [-0.05, 0) is 36.8 Å². The average molecular weight is 364 g/mol. The summed E-state index contributed by atoms with van der Waals surface area (Å²) >= 11 is 12.0. The number of fused-ring (bicyclic) bond motifs is 1. The normalized spacial score (nSPS) is 11.0. The number of phenolic OH excluding ortho intramolecular Hbond substituents is 1. The van der Waals surface area contributed by atoms with E-state index in [9.17, 15) is 9.90 Å². The van der Waals surface area contributed by atoms with Crippen LogP contribution in [0.25, 0.3) is 5.65 Å². The number of nitrogens with one attached hydrogen (secondary N) is 1. The van der Waals surface area contributed by atoms with E-state index in [1.807, 2.05) is 6.92 Å². The Labute approximate surface area is 148 Å². The lowest BCUT2D eigenvalue weighted by molar-refractivity contribution is 0.102. The van der Waals surface area contributed by atoms with Gasteiger partial charge in [0, 0.05) is 11.2 Å². The predicted octanol–water partition coefficient (Wildman–Crippen LogP) is 4.55. The van der Waals surface area contributed by atoms with Crippen LogP contribution in [0.2, 0.25) is 10.0 Å². The zero-order valence-corrected chi connectivity index (χ0v) is 14.4. The first-order valence-corrected chi connectivity index (χ1v) is 8.21. The third-order valence-electron chi connectivity index (χ3n) is 3.56. The van der Waals surface area contributed by atoms with E-state index in [0.717, 1.165) is 6.42 Å². The third-order valence-corrected chi connectivity index (χ3v) is 4.02. The van der Waals surface area contributed by atoms with Crippen molar-refractivity contribution in [1.82, 2.24) is 9.38 Å². The monoisotopic (exact) mass is 363 g/mol. The first-order valence-electron chi connectivity index (χ1n) is 7.46. The van der Waals surface area contributed by atoms with Gasteiger partial charge in [0.2, 0.25) is 0 Å². The minimum Gasteiger partial charge on any atom is -0.506 e. The largest absolute Gasteiger partial charge is 0.506 e. The van der Waals surface area contributed by atoms with Gasteiger partial charge >= 0.3 is 0 Å². The highest BCUT2D eigenvalue weighted by Gasteiger charge is 2.20. The number of phenols is 1. The van der Waals surface area contributed by atoms with Gasteiger partial charge in [-0.2, -0.15) is 0 Å². The topological polar surface area (TPSA) is 66.6 Å². The Bertz CT molecular complexity index is 922. The van der Waals surface area contributed by atoms with Crippen LogP contribution in [0, 0.1) is 0 Å². The number of benzene rings is 1. The van der Waals surface area contributed by atoms with Crippen LogP contribution in [0.4, 0.5) is 5.69 Å². The Kier molecular flexibility index (Phi) is 4.64. The number of imidazole rings is 1. The zero-order chi connectivity index (χ0) is 17.3. The van der Waals surface area contributed by atoms with E-state index in [-0.39, 0.29) is 17.3 Å². The summed E-state index contributed by atoms with van der Waals surface area (Å²) in [6, 6.07) is 7.95. The maximum absolute atomic E-state index is 12.8. The molecule has 1 aromatic carbocycles. The molecule has 2 N–H and O–H groups in total. The molecule has 0 fully saturated rings. The first-order chi connectivity index (χ1) is 11.5. The Hall–Kier alpha value is -2.24. The number of anilines is 1. The summed E-state index contributed by atoms with van der Waals surface area (Å²) in [5.41, 5.74) is 1.96. The van der Waals surface area contributed by atoms with E-state index in [0.29, 0.717) is 33.5 Å². The number of nitrogens with zero attached hydrogens (tertiary/aromatic N) is 2. The minimum absolute atomic E-state index is 0.0587. The SMILES string of the molecule is CCCc1nc2ccc(Cl)cn2c1C(=O)Nc1cc(Cl)ccc1O. The van der Waals surface area contributed by atoms with Gasteiger partial charge in [0.05, 0.1) is 16.4 Å². The summed E-state index contributed by atoms with van der Waals surface area (Å²) in [7, 11) is 0. The van der Waals surface area contributed by atoms with Gasteiger partial charge in [0.15, 0.2) is 0 Å². The van der Waals surface area contributed by atoms with Gasteiger partial charge in [0.25, 0.3) is 5.91 Å². The highest BCUT2D eigenvalue weighted by atomic mass is 35.5. The molecule has 0 unspecified atom stereocenters. The van der Waals surface area contributed by atoms with Gasteiger partial charge in [-0.25, -0.2) is 4.98 Å². The van der Waals surface area contributed by atoms with Crippen molar-refractivity contribution in [2.45, 2.75) is 19.8 Å². The van der Waals surface area contributed by atoms with Gasteiger partial charge in [-0.1, -0.05) is 36.5 Å². The fourth-order valence-electron chi connectivity index (χ4n) is 2.51. The molecule has 2 aromatic heterocycles. The molecule has 2 heterocycles. The molecular formula is C17H15Cl2N3O2. The van der Waals surface area contributed by atoms with Crippen molar-refractivity contribution in [2.75, 3.05) is 5.32 Å². The summed E-state index contributed by atoms with van der Waals surface area (Å²) in [6.45, 7) is 2.02. The maximum Gasteiger partial charge on any atom is 0.274 e. The van der Waals surface area contributed by atoms with Crippen molar-refractivity contribution in [3.8, 4) is 5.75 Å². The molecule has 5 nitrogen and oxygen atoms in total. The minimum atomic E-state index is -0.384. The van der Waals surface area contributed by atoms with E-state index in [1.54, 1.807) is 28.8 Å². The van der Waals surface area contributed by atoms with Crippen LogP contribution in [0.5, 0.6) is 5.75 Å². The molecule has 0 spiro atoms. The van der Waals surface area contributed by atoms with E-state index in [2.05, 4.69) is 10.3 Å². The van der Waals surface area contributed by atoms with Gasteiger partial charge in [-0.3, -0.25) is 9.20 Å². The molecule has 3 aromatic rings. The quantitative estimate of drug-likeness (QED) is 0.668. The second-order valence-electron chi connectivity index (χ2n) is 5.35. The Balaban J connectivity index is 2.06. The summed E-state index contributed by atoms with van der Waals surface area (Å²) in [5.74, 6) is -0.442. The van der Waals surface area contributed by atoms with Crippen molar-refractivity contribution in [2.24, 2.45) is 0 Å². The van der Waals surface area contributed by atoms with Crippen molar-refractivity contribution in [1.29, 1.82) is 0 Å². The summed E-state index contributed by atoms with van der Waals surface area (Å²) < 4.78 is 1.66. The number of hydrogen-bond acceptors (Lipinski definition) is 3. The number of carbonyl (C=O) groups is 1.